The zero-order chi connectivity index (χ0) is 23.9. The van der Waals surface area contributed by atoms with Crippen LogP contribution in [0.2, 0.25) is 0 Å². The Bertz CT molecular complexity index is 1580. The van der Waals surface area contributed by atoms with Crippen molar-refractivity contribution in [2.75, 3.05) is 0 Å². The molecule has 0 amide bonds. The second kappa shape index (κ2) is 8.51. The van der Waals surface area contributed by atoms with Crippen molar-refractivity contribution in [3.63, 3.8) is 0 Å². The molecule has 1 aliphatic rings. The average Bonchev–Trinajstić information content (AvgIpc) is 3.47. The summed E-state index contributed by atoms with van der Waals surface area (Å²) in [5.74, 6) is 2.44. The number of hydrogen-bond acceptors (Lipinski definition) is 5. The van der Waals surface area contributed by atoms with Crippen LogP contribution in [-0.2, 0) is 13.0 Å². The highest BCUT2D eigenvalue weighted by molar-refractivity contribution is 5.95. The molecule has 0 atom stereocenters. The van der Waals surface area contributed by atoms with Crippen molar-refractivity contribution >= 4 is 22.7 Å². The smallest absolute Gasteiger partial charge is 0.198 e. The number of imidazole rings is 1. The monoisotopic (exact) mass is 462 g/mol. The van der Waals surface area contributed by atoms with Crippen LogP contribution in [0, 0.1) is 13.8 Å². The van der Waals surface area contributed by atoms with Gasteiger partial charge in [-0.25, -0.2) is 4.98 Å². The molecule has 1 N–H and O–H groups in total. The summed E-state index contributed by atoms with van der Waals surface area (Å²) in [5, 5.41) is 14.6. The first-order valence-electron chi connectivity index (χ1n) is 11.9. The fraction of sp³-hybridized carbons (Fsp3) is 0.214. The Labute approximate surface area is 203 Å². The molecule has 174 valence electrons. The molecule has 6 rings (SSSR count). The van der Waals surface area contributed by atoms with E-state index in [4.69, 9.17) is 9.72 Å². The Balaban J connectivity index is 1.59. The standard InChI is InChI=1S/C28H26N6O/c1-4-8-26-29-28-17(2)9-7-12-23(28)34(26)20-13-18(3)27-22(15-25-30-32-33-31-25)21-11-6-5-10-19(21)16-35-24(27)14-20/h5-7,9-15H,4,8,16H2,1-3H3,(H,30,31,32,33). The minimum absolute atomic E-state index is 0.487. The van der Waals surface area contributed by atoms with Crippen LogP contribution in [0.4, 0.5) is 0 Å². The second-order valence-electron chi connectivity index (χ2n) is 8.97. The van der Waals surface area contributed by atoms with Gasteiger partial charge >= 0.3 is 0 Å². The number of ether oxygens (including phenoxy) is 1. The highest BCUT2D eigenvalue weighted by Crippen LogP contribution is 2.41. The highest BCUT2D eigenvalue weighted by atomic mass is 16.5. The van der Waals surface area contributed by atoms with Gasteiger partial charge in [0.2, 0.25) is 0 Å². The number of aryl methyl sites for hydroxylation is 3. The molecular weight excluding hydrogens is 436 g/mol. The number of nitrogens with one attached hydrogen (secondary N) is 1. The molecule has 35 heavy (non-hydrogen) atoms. The molecule has 2 aromatic heterocycles. The van der Waals surface area contributed by atoms with Crippen LogP contribution in [0.1, 0.15) is 52.8 Å². The van der Waals surface area contributed by atoms with Crippen LogP contribution >= 0.6 is 0 Å². The minimum Gasteiger partial charge on any atom is -0.488 e. The lowest BCUT2D eigenvalue weighted by Gasteiger charge is -2.17. The maximum Gasteiger partial charge on any atom is 0.198 e. The molecule has 0 bridgehead atoms. The Morgan fingerprint density at radius 2 is 1.94 bits per heavy atom. The van der Waals surface area contributed by atoms with Crippen molar-refractivity contribution in [1.29, 1.82) is 0 Å². The predicted octanol–water partition coefficient (Wildman–Crippen LogP) is 5.59. The van der Waals surface area contributed by atoms with Gasteiger partial charge in [-0.2, -0.15) is 5.21 Å². The van der Waals surface area contributed by atoms with Crippen LogP contribution in [-0.4, -0.2) is 30.2 Å². The molecule has 3 aromatic carbocycles. The van der Waals surface area contributed by atoms with Gasteiger partial charge in [0, 0.05) is 18.1 Å². The number of rotatable bonds is 4. The molecular formula is C28H26N6O. The first-order chi connectivity index (χ1) is 17.1. The summed E-state index contributed by atoms with van der Waals surface area (Å²) in [6.45, 7) is 6.93. The molecule has 0 unspecified atom stereocenters. The third-order valence-corrected chi connectivity index (χ3v) is 6.57. The van der Waals surface area contributed by atoms with E-state index in [0.29, 0.717) is 12.4 Å². The SMILES string of the molecule is CCCc1nc2c(C)cccc2n1-c1cc(C)c2c(c1)OCc1ccccc1C2=Cc1nn[nH]n1. The van der Waals surface area contributed by atoms with Gasteiger partial charge in [0.25, 0.3) is 0 Å². The number of benzene rings is 3. The summed E-state index contributed by atoms with van der Waals surface area (Å²) in [6, 6.07) is 19.0. The predicted molar refractivity (Wildman–Crippen MR) is 136 cm³/mol. The number of hydrogen-bond donors (Lipinski definition) is 1. The molecule has 5 aromatic rings. The van der Waals surface area contributed by atoms with E-state index in [1.165, 1.54) is 5.56 Å². The first kappa shape index (κ1) is 21.3. The van der Waals surface area contributed by atoms with Gasteiger partial charge < -0.3 is 4.74 Å². The number of aromatic amines is 1. The van der Waals surface area contributed by atoms with Gasteiger partial charge in [0.15, 0.2) is 5.82 Å². The van der Waals surface area contributed by atoms with Gasteiger partial charge in [0.1, 0.15) is 18.2 Å². The Morgan fingerprint density at radius 1 is 1.06 bits per heavy atom. The van der Waals surface area contributed by atoms with E-state index in [2.05, 4.69) is 94.5 Å². The largest absolute Gasteiger partial charge is 0.488 e. The van der Waals surface area contributed by atoms with Crippen molar-refractivity contribution < 1.29 is 4.74 Å². The van der Waals surface area contributed by atoms with E-state index >= 15 is 0 Å². The number of para-hydroxylation sites is 1. The van der Waals surface area contributed by atoms with Gasteiger partial charge in [-0.3, -0.25) is 4.57 Å². The molecule has 0 saturated carbocycles. The topological polar surface area (TPSA) is 81.5 Å². The van der Waals surface area contributed by atoms with E-state index in [9.17, 15) is 0 Å². The molecule has 0 aliphatic carbocycles. The molecule has 0 spiro atoms. The quantitative estimate of drug-likeness (QED) is 0.377. The minimum atomic E-state index is 0.487. The third-order valence-electron chi connectivity index (χ3n) is 6.57. The number of nitrogens with zero attached hydrogens (tertiary/aromatic N) is 5. The molecule has 1 aliphatic heterocycles. The summed E-state index contributed by atoms with van der Waals surface area (Å²) in [6.07, 6.45) is 3.90. The van der Waals surface area contributed by atoms with Crippen molar-refractivity contribution in [3.05, 3.63) is 94.1 Å². The summed E-state index contributed by atoms with van der Waals surface area (Å²) < 4.78 is 8.72. The van der Waals surface area contributed by atoms with Crippen LogP contribution in [0.5, 0.6) is 5.75 Å². The fourth-order valence-corrected chi connectivity index (χ4v) is 5.00. The third kappa shape index (κ3) is 3.60. The molecule has 3 heterocycles. The van der Waals surface area contributed by atoms with Gasteiger partial charge in [-0.05, 0) is 71.5 Å². The summed E-state index contributed by atoms with van der Waals surface area (Å²) >= 11 is 0. The zero-order valence-corrected chi connectivity index (χ0v) is 20.0. The van der Waals surface area contributed by atoms with Crippen LogP contribution in [0.15, 0.2) is 54.6 Å². The van der Waals surface area contributed by atoms with E-state index in [-0.39, 0.29) is 0 Å². The van der Waals surface area contributed by atoms with Crippen LogP contribution in [0.3, 0.4) is 0 Å². The molecule has 0 saturated heterocycles. The maximum absolute atomic E-state index is 6.44. The lowest BCUT2D eigenvalue weighted by molar-refractivity contribution is 0.307. The van der Waals surface area contributed by atoms with Crippen LogP contribution < -0.4 is 4.74 Å². The Morgan fingerprint density at radius 3 is 2.77 bits per heavy atom. The Kier molecular flexibility index (Phi) is 5.17. The summed E-state index contributed by atoms with van der Waals surface area (Å²) in [5.41, 5.74) is 9.82. The number of H-pyrrole nitrogens is 1. The zero-order valence-electron chi connectivity index (χ0n) is 20.0. The lowest BCUT2D eigenvalue weighted by atomic mass is 9.91. The second-order valence-corrected chi connectivity index (χ2v) is 8.97. The number of fused-ring (bicyclic) bond motifs is 3. The maximum atomic E-state index is 6.44. The first-order valence-corrected chi connectivity index (χ1v) is 11.9. The van der Waals surface area contributed by atoms with Gasteiger partial charge in [0.05, 0.1) is 16.7 Å². The van der Waals surface area contributed by atoms with Crippen molar-refractivity contribution in [2.45, 2.75) is 40.2 Å². The fourth-order valence-electron chi connectivity index (χ4n) is 5.00. The number of tetrazole rings is 1. The van der Waals surface area contributed by atoms with Gasteiger partial charge in [-0.1, -0.05) is 43.3 Å². The van der Waals surface area contributed by atoms with Crippen molar-refractivity contribution in [1.82, 2.24) is 30.2 Å². The van der Waals surface area contributed by atoms with Gasteiger partial charge in [-0.15, -0.1) is 10.2 Å². The molecule has 7 heteroatoms. The van der Waals surface area contributed by atoms with Crippen LogP contribution in [0.25, 0.3) is 28.4 Å². The molecule has 0 fully saturated rings. The normalized spacial score (nSPS) is 14.0. The number of aromatic nitrogens is 6. The van der Waals surface area contributed by atoms with E-state index in [0.717, 1.165) is 69.0 Å². The van der Waals surface area contributed by atoms with Crippen molar-refractivity contribution in [2.24, 2.45) is 0 Å². The van der Waals surface area contributed by atoms with E-state index in [1.54, 1.807) is 0 Å². The molecule has 0 radical (unpaired) electrons. The van der Waals surface area contributed by atoms with E-state index in [1.807, 2.05) is 12.1 Å². The lowest BCUT2D eigenvalue weighted by Crippen LogP contribution is -2.04. The summed E-state index contributed by atoms with van der Waals surface area (Å²) in [4.78, 5) is 5.02. The average molecular weight is 463 g/mol. The highest BCUT2D eigenvalue weighted by Gasteiger charge is 2.24. The molecule has 7 nitrogen and oxygen atoms in total. The Hall–Kier alpha value is -4.26. The van der Waals surface area contributed by atoms with E-state index < -0.39 is 0 Å². The summed E-state index contributed by atoms with van der Waals surface area (Å²) in [7, 11) is 0. The van der Waals surface area contributed by atoms with Crippen molar-refractivity contribution in [3.8, 4) is 11.4 Å².